The van der Waals surface area contributed by atoms with Gasteiger partial charge in [0.15, 0.2) is 5.78 Å². The zero-order valence-corrected chi connectivity index (χ0v) is 30.2. The molecule has 2 fully saturated rings. The van der Waals surface area contributed by atoms with Crippen LogP contribution in [0.25, 0.3) is 22.0 Å². The van der Waals surface area contributed by atoms with Crippen LogP contribution in [0.15, 0.2) is 48.4 Å². The maximum Gasteiger partial charge on any atom is 0.162 e. The van der Waals surface area contributed by atoms with Crippen LogP contribution in [0.5, 0.6) is 0 Å². The molecule has 0 amide bonds. The predicted octanol–water partition coefficient (Wildman–Crippen LogP) is 11.3. The van der Waals surface area contributed by atoms with Crippen molar-refractivity contribution in [3.8, 4) is 11.3 Å². The van der Waals surface area contributed by atoms with E-state index in [2.05, 4.69) is 84.1 Å². The van der Waals surface area contributed by atoms with Crippen molar-refractivity contribution < 1.29 is 30.0 Å². The molecule has 0 saturated heterocycles. The van der Waals surface area contributed by atoms with Crippen molar-refractivity contribution in [1.82, 2.24) is 4.98 Å². The first-order valence-corrected chi connectivity index (χ1v) is 16.8. The fourth-order valence-electron chi connectivity index (χ4n) is 7.48. The van der Waals surface area contributed by atoms with Crippen LogP contribution in [-0.4, -0.2) is 15.9 Å². The maximum absolute atomic E-state index is 12.4. The molecule has 0 unspecified atom stereocenters. The fraction of sp³-hybridized carbons (Fsp3) is 0.561. The Morgan fingerprint density at radius 3 is 2.07 bits per heavy atom. The Morgan fingerprint density at radius 1 is 0.889 bits per heavy atom. The molecule has 247 valence electrons. The summed E-state index contributed by atoms with van der Waals surface area (Å²) in [6.07, 6.45) is 17.0. The van der Waals surface area contributed by atoms with Gasteiger partial charge in [0.2, 0.25) is 0 Å². The molecule has 2 saturated carbocycles. The molecule has 1 radical (unpaired) electrons. The van der Waals surface area contributed by atoms with Gasteiger partial charge in [0.05, 0.1) is 5.76 Å². The van der Waals surface area contributed by atoms with Crippen LogP contribution in [-0.2, 0) is 37.7 Å². The molecule has 2 aromatic carbocycles. The normalized spacial score (nSPS) is 19.7. The number of aliphatic hydroxyl groups is 1. The first-order valence-electron chi connectivity index (χ1n) is 16.8. The van der Waals surface area contributed by atoms with E-state index in [0.717, 1.165) is 69.0 Å². The molecule has 0 aliphatic heterocycles. The number of pyridine rings is 1. The second-order valence-electron chi connectivity index (χ2n) is 15.3. The molecule has 3 aromatic rings. The van der Waals surface area contributed by atoms with Crippen molar-refractivity contribution >= 4 is 16.6 Å². The van der Waals surface area contributed by atoms with Gasteiger partial charge < -0.3 is 10.1 Å². The Morgan fingerprint density at radius 2 is 1.47 bits per heavy atom. The minimum Gasteiger partial charge on any atom is -0.512 e. The summed E-state index contributed by atoms with van der Waals surface area (Å²) in [6, 6.07) is 14.5. The molecule has 3 nitrogen and oxygen atoms in total. The second-order valence-corrected chi connectivity index (χ2v) is 15.3. The van der Waals surface area contributed by atoms with Crippen molar-refractivity contribution in [3.05, 3.63) is 76.7 Å². The topological polar surface area (TPSA) is 50.2 Å². The van der Waals surface area contributed by atoms with E-state index in [1.807, 2.05) is 0 Å². The molecule has 0 atom stereocenters. The van der Waals surface area contributed by atoms with E-state index in [9.17, 15) is 9.90 Å². The van der Waals surface area contributed by atoms with Crippen LogP contribution in [0.3, 0.4) is 0 Å². The number of allylic oxidation sites excluding steroid dienone is 2. The number of benzene rings is 2. The Hall–Kier alpha value is -2.29. The van der Waals surface area contributed by atoms with Gasteiger partial charge >= 0.3 is 0 Å². The number of hydrogen-bond acceptors (Lipinski definition) is 3. The number of nitrogens with zero attached hydrogens (tertiary/aromatic N) is 1. The second kappa shape index (κ2) is 15.5. The minimum absolute atomic E-state index is 0. The van der Waals surface area contributed by atoms with E-state index in [1.165, 1.54) is 52.3 Å². The molecule has 1 N–H and O–H groups in total. The molecule has 45 heavy (non-hydrogen) atoms. The van der Waals surface area contributed by atoms with Crippen molar-refractivity contribution in [2.45, 2.75) is 126 Å². The standard InChI is InChI=1S/C21H20N.C19H32O2.CH4.Ir/c1-14-10-15(2)12-18(11-14)21-19-9-5-8-16-6-3-4-7-17(13-22-21)20(16)19;1-18(2)9-5-14(6-10-18)16(20)13-17(21)15-7-11-19(3,4)12-8-15;;/h5,8-11,13H,3-4,6-7H2,1-2H3;13-15,20H,5-12H2,1-4H3;1H4;/q-1;;;. The number of carbonyl (C=O) groups is 1. The summed E-state index contributed by atoms with van der Waals surface area (Å²) in [5, 5.41) is 13.0. The molecular formula is C41H56IrNO2-. The van der Waals surface area contributed by atoms with E-state index < -0.39 is 0 Å². The van der Waals surface area contributed by atoms with E-state index >= 15 is 0 Å². The Bertz CT molecular complexity index is 1450. The molecule has 4 heteroatoms. The molecular weight excluding hydrogens is 731 g/mol. The third-order valence-electron chi connectivity index (χ3n) is 10.4. The summed E-state index contributed by atoms with van der Waals surface area (Å²) in [4.78, 5) is 17.2. The number of carbonyl (C=O) groups excluding carboxylic acids is 1. The first-order chi connectivity index (χ1) is 20.4. The average Bonchev–Trinajstić information content (AvgIpc) is 3.16. The van der Waals surface area contributed by atoms with Crippen LogP contribution in [0.2, 0.25) is 0 Å². The smallest absolute Gasteiger partial charge is 0.162 e. The summed E-state index contributed by atoms with van der Waals surface area (Å²) in [7, 11) is 0. The Kier molecular flexibility index (Phi) is 12.8. The quantitative estimate of drug-likeness (QED) is 0.163. The van der Waals surface area contributed by atoms with Crippen LogP contribution in [0.4, 0.5) is 0 Å². The van der Waals surface area contributed by atoms with E-state index in [1.54, 1.807) is 6.08 Å². The van der Waals surface area contributed by atoms with E-state index in [4.69, 9.17) is 4.98 Å². The molecule has 0 bridgehead atoms. The average molecular weight is 787 g/mol. The van der Waals surface area contributed by atoms with Crippen LogP contribution in [0, 0.1) is 42.6 Å². The summed E-state index contributed by atoms with van der Waals surface area (Å²) >= 11 is 0. The zero-order chi connectivity index (χ0) is 30.8. The van der Waals surface area contributed by atoms with Crippen molar-refractivity contribution in [1.29, 1.82) is 0 Å². The summed E-state index contributed by atoms with van der Waals surface area (Å²) in [5.74, 6) is 0.857. The van der Waals surface area contributed by atoms with E-state index in [-0.39, 0.29) is 45.2 Å². The van der Waals surface area contributed by atoms with Crippen LogP contribution < -0.4 is 0 Å². The Labute approximate surface area is 287 Å². The third-order valence-corrected chi connectivity index (χ3v) is 10.4. The number of ketones is 1. The summed E-state index contributed by atoms with van der Waals surface area (Å²) in [6.45, 7) is 13.4. The largest absolute Gasteiger partial charge is 0.512 e. The number of aliphatic hydroxyl groups excluding tert-OH is 1. The molecule has 3 aliphatic carbocycles. The van der Waals surface area contributed by atoms with Crippen molar-refractivity contribution in [2.24, 2.45) is 22.7 Å². The SMILES string of the molecule is C.CC1(C)CCC(C(=O)C=C(O)C2CCC(C)(C)CC2)CC1.Cc1[c-]c(-c2ncc3c4c(cccc24)CCCC3)cc(C)c1.[Ir]. The fourth-order valence-corrected chi connectivity index (χ4v) is 7.48. The minimum atomic E-state index is 0. The van der Waals surface area contributed by atoms with Gasteiger partial charge in [-0.15, -0.1) is 34.9 Å². The van der Waals surface area contributed by atoms with Gasteiger partial charge in [-0.3, -0.25) is 4.79 Å². The number of rotatable bonds is 4. The number of hydrogen-bond donors (Lipinski definition) is 1. The maximum atomic E-state index is 12.4. The van der Waals surface area contributed by atoms with Crippen molar-refractivity contribution in [2.75, 3.05) is 0 Å². The van der Waals surface area contributed by atoms with Gasteiger partial charge in [-0.25, -0.2) is 0 Å². The Balaban J connectivity index is 0.000000235. The molecule has 1 heterocycles. The number of aromatic nitrogens is 1. The first kappa shape index (κ1) is 37.2. The summed E-state index contributed by atoms with van der Waals surface area (Å²) in [5.41, 5.74) is 8.32. The van der Waals surface area contributed by atoms with Gasteiger partial charge in [-0.2, -0.15) is 0 Å². The number of aryl methyl sites for hydroxylation is 4. The van der Waals surface area contributed by atoms with Gasteiger partial charge in [-0.1, -0.05) is 67.2 Å². The zero-order valence-electron chi connectivity index (χ0n) is 27.8. The van der Waals surface area contributed by atoms with E-state index in [0.29, 0.717) is 16.6 Å². The summed E-state index contributed by atoms with van der Waals surface area (Å²) < 4.78 is 0. The van der Waals surface area contributed by atoms with Crippen LogP contribution in [0.1, 0.15) is 122 Å². The molecule has 0 spiro atoms. The molecule has 3 aliphatic rings. The molecule has 6 rings (SSSR count). The molecule has 1 aromatic heterocycles. The van der Waals surface area contributed by atoms with Crippen LogP contribution >= 0.6 is 0 Å². The van der Waals surface area contributed by atoms with Gasteiger partial charge in [0, 0.05) is 44.2 Å². The van der Waals surface area contributed by atoms with Gasteiger partial charge in [-0.05, 0) is 115 Å². The van der Waals surface area contributed by atoms with Crippen molar-refractivity contribution in [3.63, 3.8) is 0 Å². The third kappa shape index (κ3) is 9.39. The monoisotopic (exact) mass is 787 g/mol. The predicted molar refractivity (Wildman–Crippen MR) is 186 cm³/mol. The van der Waals surface area contributed by atoms with Gasteiger partial charge in [0.25, 0.3) is 0 Å². The van der Waals surface area contributed by atoms with Gasteiger partial charge in [0.1, 0.15) is 0 Å².